The van der Waals surface area contributed by atoms with Gasteiger partial charge >= 0.3 is 5.97 Å². The number of benzene rings is 1. The highest BCUT2D eigenvalue weighted by atomic mass is 79.9. The number of hydrogen-bond donors (Lipinski definition) is 0. The number of allylic oxidation sites excluding steroid dienone is 1. The van der Waals surface area contributed by atoms with Gasteiger partial charge in [-0.05, 0) is 55.8 Å². The van der Waals surface area contributed by atoms with Crippen molar-refractivity contribution in [1.82, 2.24) is 9.55 Å². The molecule has 5 rings (SSSR count). The second-order valence-electron chi connectivity index (χ2n) is 7.80. The van der Waals surface area contributed by atoms with Gasteiger partial charge in [0.15, 0.2) is 4.80 Å². The van der Waals surface area contributed by atoms with Crippen LogP contribution in [0.4, 0.5) is 0 Å². The van der Waals surface area contributed by atoms with Crippen molar-refractivity contribution in [1.29, 1.82) is 0 Å². The van der Waals surface area contributed by atoms with E-state index in [1.165, 1.54) is 15.9 Å². The highest BCUT2D eigenvalue weighted by molar-refractivity contribution is 9.10. The van der Waals surface area contributed by atoms with Crippen molar-refractivity contribution < 1.29 is 13.9 Å². The summed E-state index contributed by atoms with van der Waals surface area (Å²) in [5.74, 6) is 0.555. The number of thiazole rings is 1. The molecule has 7 nitrogen and oxygen atoms in total. The lowest BCUT2D eigenvalue weighted by Gasteiger charge is -2.22. The molecule has 0 amide bonds. The third kappa shape index (κ3) is 4.44. The molecular weight excluding hydrogens is 530 g/mol. The molecule has 0 radical (unpaired) electrons. The Hall–Kier alpha value is -3.56. The van der Waals surface area contributed by atoms with E-state index in [-0.39, 0.29) is 17.7 Å². The fourth-order valence-corrected chi connectivity index (χ4v) is 5.25. The summed E-state index contributed by atoms with van der Waals surface area (Å²) in [6.07, 6.45) is 5.13. The number of aromatic nitrogens is 2. The van der Waals surface area contributed by atoms with Gasteiger partial charge in [0.2, 0.25) is 0 Å². The normalized spacial score (nSPS) is 15.6. The molecule has 176 valence electrons. The summed E-state index contributed by atoms with van der Waals surface area (Å²) in [4.78, 5) is 35.8. The first-order valence-corrected chi connectivity index (χ1v) is 12.5. The number of ether oxygens (including phenoxy) is 1. The van der Waals surface area contributed by atoms with Crippen LogP contribution in [-0.4, -0.2) is 22.1 Å². The van der Waals surface area contributed by atoms with Gasteiger partial charge in [-0.1, -0.05) is 45.5 Å². The van der Waals surface area contributed by atoms with E-state index in [0.717, 1.165) is 15.6 Å². The smallest absolute Gasteiger partial charge is 0.338 e. The molecule has 1 atom stereocenters. The molecular formula is C26H20BrN3O4S. The van der Waals surface area contributed by atoms with E-state index in [0.29, 0.717) is 26.6 Å². The minimum Gasteiger partial charge on any atom is -0.463 e. The number of rotatable bonds is 5. The maximum atomic E-state index is 13.6. The molecule has 4 aromatic rings. The third-order valence-electron chi connectivity index (χ3n) is 5.52. The molecule has 0 saturated heterocycles. The molecule has 4 heterocycles. The van der Waals surface area contributed by atoms with Gasteiger partial charge in [0.05, 0.1) is 22.4 Å². The predicted octanol–water partition coefficient (Wildman–Crippen LogP) is 4.22. The summed E-state index contributed by atoms with van der Waals surface area (Å²) in [6.45, 7) is 3.69. The quantitative estimate of drug-likeness (QED) is 0.348. The zero-order chi connectivity index (χ0) is 24.5. The van der Waals surface area contributed by atoms with Crippen LogP contribution in [0.5, 0.6) is 0 Å². The zero-order valence-corrected chi connectivity index (χ0v) is 21.3. The van der Waals surface area contributed by atoms with Crippen LogP contribution in [0, 0.1) is 0 Å². The number of carbonyl (C=O) groups is 1. The van der Waals surface area contributed by atoms with Crippen LogP contribution in [0.3, 0.4) is 0 Å². The first kappa shape index (κ1) is 23.2. The Bertz CT molecular complexity index is 1620. The van der Waals surface area contributed by atoms with E-state index < -0.39 is 12.0 Å². The number of halogens is 1. The Morgan fingerprint density at radius 1 is 1.23 bits per heavy atom. The lowest BCUT2D eigenvalue weighted by molar-refractivity contribution is -0.139. The number of fused-ring (bicyclic) bond motifs is 1. The predicted molar refractivity (Wildman–Crippen MR) is 136 cm³/mol. The fraction of sp³-hybridized carbons (Fsp3) is 0.154. The maximum absolute atomic E-state index is 13.6. The van der Waals surface area contributed by atoms with Crippen molar-refractivity contribution in [2.45, 2.75) is 19.9 Å². The molecule has 0 unspecified atom stereocenters. The summed E-state index contributed by atoms with van der Waals surface area (Å²) in [7, 11) is 0. The van der Waals surface area contributed by atoms with Crippen LogP contribution in [0.25, 0.3) is 17.4 Å². The highest BCUT2D eigenvalue weighted by Crippen LogP contribution is 2.34. The van der Waals surface area contributed by atoms with Crippen LogP contribution in [-0.2, 0) is 9.53 Å². The lowest BCUT2D eigenvalue weighted by atomic mass is 10.0. The first-order valence-electron chi connectivity index (χ1n) is 10.9. The number of hydrogen-bond acceptors (Lipinski definition) is 7. The van der Waals surface area contributed by atoms with E-state index in [4.69, 9.17) is 9.15 Å². The van der Waals surface area contributed by atoms with Gasteiger partial charge in [-0.25, -0.2) is 9.79 Å². The summed E-state index contributed by atoms with van der Waals surface area (Å²) < 4.78 is 14.5. The van der Waals surface area contributed by atoms with Gasteiger partial charge in [0.25, 0.3) is 5.56 Å². The Morgan fingerprint density at radius 3 is 2.74 bits per heavy atom. The van der Waals surface area contributed by atoms with Crippen molar-refractivity contribution in [3.8, 4) is 11.3 Å². The van der Waals surface area contributed by atoms with E-state index in [9.17, 15) is 9.59 Å². The largest absolute Gasteiger partial charge is 0.463 e. The lowest BCUT2D eigenvalue weighted by Crippen LogP contribution is -2.39. The second-order valence-corrected chi connectivity index (χ2v) is 9.72. The number of nitrogens with zero attached hydrogens (tertiary/aromatic N) is 3. The summed E-state index contributed by atoms with van der Waals surface area (Å²) in [5.41, 5.74) is 2.18. The molecule has 1 aromatic carbocycles. The van der Waals surface area contributed by atoms with Gasteiger partial charge in [0.1, 0.15) is 17.6 Å². The van der Waals surface area contributed by atoms with E-state index in [1.807, 2.05) is 36.4 Å². The van der Waals surface area contributed by atoms with Crippen LogP contribution >= 0.6 is 27.3 Å². The van der Waals surface area contributed by atoms with E-state index in [1.54, 1.807) is 44.4 Å². The molecule has 1 aliphatic heterocycles. The van der Waals surface area contributed by atoms with Gasteiger partial charge in [0, 0.05) is 22.4 Å². The fourth-order valence-electron chi connectivity index (χ4n) is 3.94. The average Bonchev–Trinajstić information content (AvgIpc) is 3.45. The van der Waals surface area contributed by atoms with E-state index >= 15 is 0 Å². The summed E-state index contributed by atoms with van der Waals surface area (Å²) in [6, 6.07) is 14.2. The minimum atomic E-state index is -0.800. The average molecular weight is 550 g/mol. The third-order valence-corrected chi connectivity index (χ3v) is 7.04. The first-order chi connectivity index (χ1) is 17.0. The number of carbonyl (C=O) groups excluding carboxylic acids is 1. The standard InChI is InChI=1S/C26H20BrN3O4S/c1-3-33-25(32)22-15(2)29-26-30(24(31)21(35-26)13-16-5-4-12-28-14-16)23(22)20-11-10-19(34-20)17-6-8-18(27)9-7-17/h4-14,23H,3H2,1-2H3/b21-13-/t23-/m0/s1. The molecule has 0 N–H and O–H groups in total. The maximum Gasteiger partial charge on any atom is 0.338 e. The van der Waals surface area contributed by atoms with Crippen LogP contribution in [0.2, 0.25) is 0 Å². The Kier molecular flexibility index (Phi) is 6.36. The number of esters is 1. The molecule has 35 heavy (non-hydrogen) atoms. The van der Waals surface area contributed by atoms with Gasteiger partial charge in [-0.2, -0.15) is 0 Å². The van der Waals surface area contributed by atoms with Crippen molar-refractivity contribution >= 4 is 39.3 Å². The van der Waals surface area contributed by atoms with Gasteiger partial charge in [-0.15, -0.1) is 0 Å². The number of pyridine rings is 1. The summed E-state index contributed by atoms with van der Waals surface area (Å²) >= 11 is 4.70. The van der Waals surface area contributed by atoms with Crippen molar-refractivity contribution in [2.75, 3.05) is 6.61 Å². The van der Waals surface area contributed by atoms with Crippen molar-refractivity contribution in [3.05, 3.63) is 108 Å². The Balaban J connectivity index is 1.69. The highest BCUT2D eigenvalue weighted by Gasteiger charge is 2.35. The topological polar surface area (TPSA) is 86.7 Å². The number of furan rings is 1. The van der Waals surface area contributed by atoms with E-state index in [2.05, 4.69) is 25.9 Å². The molecule has 1 aliphatic rings. The van der Waals surface area contributed by atoms with Crippen molar-refractivity contribution in [3.63, 3.8) is 0 Å². The molecule has 3 aromatic heterocycles. The second kappa shape index (κ2) is 9.59. The molecule has 0 spiro atoms. The van der Waals surface area contributed by atoms with Crippen LogP contribution in [0.15, 0.2) is 90.9 Å². The SMILES string of the molecule is CCOC(=O)C1=C(C)N=c2s/c(=C\c3cccnc3)c(=O)n2[C@H]1c1ccc(-c2ccc(Br)cc2)o1. The monoisotopic (exact) mass is 549 g/mol. The van der Waals surface area contributed by atoms with Crippen LogP contribution in [0.1, 0.15) is 31.2 Å². The molecule has 9 heteroatoms. The molecule has 0 fully saturated rings. The Labute approximate surface area is 212 Å². The summed E-state index contributed by atoms with van der Waals surface area (Å²) in [5, 5.41) is 0. The molecule has 0 saturated carbocycles. The Morgan fingerprint density at radius 2 is 2.03 bits per heavy atom. The van der Waals surface area contributed by atoms with Crippen LogP contribution < -0.4 is 14.9 Å². The molecule has 0 bridgehead atoms. The van der Waals surface area contributed by atoms with Gasteiger partial charge < -0.3 is 9.15 Å². The minimum absolute atomic E-state index is 0.204. The molecule has 0 aliphatic carbocycles. The van der Waals surface area contributed by atoms with Gasteiger partial charge in [-0.3, -0.25) is 14.3 Å². The zero-order valence-electron chi connectivity index (χ0n) is 18.9. The van der Waals surface area contributed by atoms with Crippen molar-refractivity contribution in [2.24, 2.45) is 4.99 Å².